The van der Waals surface area contributed by atoms with Gasteiger partial charge >= 0.3 is 0 Å². The first-order valence-corrected chi connectivity index (χ1v) is 22.0. The zero-order valence-corrected chi connectivity index (χ0v) is 34.7. The molecule has 318 valence electrons. The van der Waals surface area contributed by atoms with Crippen molar-refractivity contribution in [1.82, 2.24) is 5.32 Å². The molecule has 9 heteroatoms. The van der Waals surface area contributed by atoms with Gasteiger partial charge in [0.15, 0.2) is 6.29 Å². The third kappa shape index (κ3) is 27.2. The average molecular weight is 776 g/mol. The molecule has 55 heavy (non-hydrogen) atoms. The normalized spacial score (nSPS) is 21.9. The predicted octanol–water partition coefficient (Wildman–Crippen LogP) is 8.83. The Kier molecular flexibility index (Phi) is 33.5. The molecular formula is C46H81NO8. The van der Waals surface area contributed by atoms with Gasteiger partial charge in [-0.3, -0.25) is 4.79 Å². The second-order valence-corrected chi connectivity index (χ2v) is 15.1. The number of amides is 1. The summed E-state index contributed by atoms with van der Waals surface area (Å²) in [5, 5.41) is 53.3. The lowest BCUT2D eigenvalue weighted by Crippen LogP contribution is -2.60. The van der Waals surface area contributed by atoms with E-state index in [1.54, 1.807) is 6.08 Å². The molecule has 1 aliphatic heterocycles. The van der Waals surface area contributed by atoms with E-state index in [-0.39, 0.29) is 12.5 Å². The lowest BCUT2D eigenvalue weighted by atomic mass is 9.99. The average Bonchev–Trinajstić information content (AvgIpc) is 3.18. The molecule has 1 heterocycles. The van der Waals surface area contributed by atoms with E-state index in [0.717, 1.165) is 57.8 Å². The van der Waals surface area contributed by atoms with Gasteiger partial charge in [-0.1, -0.05) is 171 Å². The summed E-state index contributed by atoms with van der Waals surface area (Å²) in [6.07, 6.45) is 40.9. The highest BCUT2D eigenvalue weighted by Gasteiger charge is 2.44. The molecule has 1 fully saturated rings. The van der Waals surface area contributed by atoms with E-state index in [2.05, 4.69) is 60.8 Å². The lowest BCUT2D eigenvalue weighted by Gasteiger charge is -2.40. The first-order chi connectivity index (χ1) is 26.8. The molecule has 0 radical (unpaired) electrons. The summed E-state index contributed by atoms with van der Waals surface area (Å²) in [6, 6.07) is -0.801. The number of ether oxygens (including phenoxy) is 2. The second kappa shape index (κ2) is 36.2. The van der Waals surface area contributed by atoms with E-state index in [1.165, 1.54) is 89.9 Å². The maximum Gasteiger partial charge on any atom is 0.220 e. The van der Waals surface area contributed by atoms with E-state index in [9.17, 15) is 30.3 Å². The number of nitrogens with one attached hydrogen (secondary N) is 1. The fourth-order valence-electron chi connectivity index (χ4n) is 6.56. The third-order valence-corrected chi connectivity index (χ3v) is 10.1. The largest absolute Gasteiger partial charge is 0.394 e. The summed E-state index contributed by atoms with van der Waals surface area (Å²) < 4.78 is 11.0. The van der Waals surface area contributed by atoms with Gasteiger partial charge in [-0.15, -0.1) is 0 Å². The molecule has 7 atom stereocenters. The number of carbonyl (C=O) groups excluding carboxylic acids is 1. The van der Waals surface area contributed by atoms with Crippen molar-refractivity contribution in [3.05, 3.63) is 60.8 Å². The fraction of sp³-hybridized carbons (Fsp3) is 0.761. The second-order valence-electron chi connectivity index (χ2n) is 15.1. The molecule has 0 spiro atoms. The predicted molar refractivity (Wildman–Crippen MR) is 226 cm³/mol. The van der Waals surface area contributed by atoms with Gasteiger partial charge in [-0.05, 0) is 51.4 Å². The molecule has 0 aliphatic carbocycles. The summed E-state index contributed by atoms with van der Waals surface area (Å²) in [6.45, 7) is 3.43. The topological polar surface area (TPSA) is 149 Å². The zero-order chi connectivity index (χ0) is 40.2. The van der Waals surface area contributed by atoms with Crippen LogP contribution in [0.25, 0.3) is 0 Å². The van der Waals surface area contributed by atoms with Crippen LogP contribution in [0.3, 0.4) is 0 Å². The molecule has 0 aromatic carbocycles. The van der Waals surface area contributed by atoms with Crippen LogP contribution in [0.5, 0.6) is 0 Å². The Morgan fingerprint density at radius 2 is 1.13 bits per heavy atom. The number of aliphatic hydroxyl groups is 5. The highest BCUT2D eigenvalue weighted by Crippen LogP contribution is 2.22. The fourth-order valence-corrected chi connectivity index (χ4v) is 6.56. The van der Waals surface area contributed by atoms with Crippen molar-refractivity contribution in [3.8, 4) is 0 Å². The Morgan fingerprint density at radius 1 is 0.636 bits per heavy atom. The van der Waals surface area contributed by atoms with Crippen molar-refractivity contribution in [1.29, 1.82) is 0 Å². The van der Waals surface area contributed by atoms with Gasteiger partial charge in [0.1, 0.15) is 24.4 Å². The SMILES string of the molecule is CC/C=C\C/C=C\C/C=C\C/C=C\CCCCCCCCCCCCCCCCCCC(=O)NC(COC1OC(CO)C(O)C(O)C1O)C(O)/C=C/CCC. The number of hydrogen-bond donors (Lipinski definition) is 6. The standard InChI is InChI=1S/C46H81NO8/c1-3-5-7-8-9-10-11-12-13-14-15-16-17-18-19-20-21-22-23-24-25-26-27-28-29-30-31-32-34-36-42(50)47-39(40(49)35-33-6-4-2)38-54-46-45(53)44(52)43(51)41(37-48)55-46/h5,7,9-10,12-13,15-16,33,35,39-41,43-46,48-49,51-53H,3-4,6,8,11,14,17-32,34,36-38H2,1-2H3,(H,47,50)/b7-5-,10-9-,13-12-,16-15-,35-33+. The van der Waals surface area contributed by atoms with E-state index >= 15 is 0 Å². The molecule has 0 aromatic rings. The minimum absolute atomic E-state index is 0.192. The van der Waals surface area contributed by atoms with Crippen molar-refractivity contribution < 1.29 is 39.8 Å². The number of hydrogen-bond acceptors (Lipinski definition) is 8. The molecule has 0 aromatic heterocycles. The molecule has 0 saturated carbocycles. The van der Waals surface area contributed by atoms with Crippen LogP contribution in [-0.4, -0.2) is 87.5 Å². The lowest BCUT2D eigenvalue weighted by molar-refractivity contribution is -0.302. The van der Waals surface area contributed by atoms with Crippen LogP contribution in [0.2, 0.25) is 0 Å². The van der Waals surface area contributed by atoms with Crippen LogP contribution in [-0.2, 0) is 14.3 Å². The Hall–Kier alpha value is -2.11. The van der Waals surface area contributed by atoms with Crippen LogP contribution < -0.4 is 5.32 Å². The number of aliphatic hydroxyl groups excluding tert-OH is 5. The number of allylic oxidation sites excluding steroid dienone is 9. The Labute approximate surface area is 335 Å². The van der Waals surface area contributed by atoms with Gasteiger partial charge in [0.05, 0.1) is 25.4 Å². The van der Waals surface area contributed by atoms with Crippen LogP contribution in [0.1, 0.15) is 168 Å². The minimum Gasteiger partial charge on any atom is -0.394 e. The molecule has 0 bridgehead atoms. The highest BCUT2D eigenvalue weighted by atomic mass is 16.7. The number of rotatable bonds is 35. The number of carbonyl (C=O) groups is 1. The Balaban J connectivity index is 2.03. The van der Waals surface area contributed by atoms with E-state index in [0.29, 0.717) is 6.42 Å². The highest BCUT2D eigenvalue weighted by molar-refractivity contribution is 5.76. The van der Waals surface area contributed by atoms with Gasteiger partial charge in [0.25, 0.3) is 0 Å². The maximum absolute atomic E-state index is 12.8. The molecule has 1 rings (SSSR count). The first kappa shape index (κ1) is 50.9. The molecule has 1 saturated heterocycles. The van der Waals surface area contributed by atoms with Crippen molar-refractivity contribution in [2.75, 3.05) is 13.2 Å². The van der Waals surface area contributed by atoms with Crippen molar-refractivity contribution >= 4 is 5.91 Å². The molecule has 1 aliphatic rings. The maximum atomic E-state index is 12.8. The molecule has 7 unspecified atom stereocenters. The summed E-state index contributed by atoms with van der Waals surface area (Å²) in [5.41, 5.74) is 0. The monoisotopic (exact) mass is 776 g/mol. The summed E-state index contributed by atoms with van der Waals surface area (Å²) >= 11 is 0. The van der Waals surface area contributed by atoms with Crippen molar-refractivity contribution in [2.45, 2.75) is 211 Å². The van der Waals surface area contributed by atoms with Gasteiger partial charge in [-0.25, -0.2) is 0 Å². The number of unbranched alkanes of at least 4 members (excludes halogenated alkanes) is 17. The van der Waals surface area contributed by atoms with E-state index in [1.807, 2.05) is 13.0 Å². The van der Waals surface area contributed by atoms with Gasteiger partial charge in [-0.2, -0.15) is 0 Å². The van der Waals surface area contributed by atoms with Crippen LogP contribution in [0.4, 0.5) is 0 Å². The molecule has 6 N–H and O–H groups in total. The summed E-state index contributed by atoms with van der Waals surface area (Å²) in [4.78, 5) is 12.8. The smallest absolute Gasteiger partial charge is 0.220 e. The molecule has 9 nitrogen and oxygen atoms in total. The van der Waals surface area contributed by atoms with Crippen LogP contribution in [0, 0.1) is 0 Å². The third-order valence-electron chi connectivity index (χ3n) is 10.1. The zero-order valence-electron chi connectivity index (χ0n) is 34.7. The molecular weight excluding hydrogens is 695 g/mol. The Morgan fingerprint density at radius 3 is 1.64 bits per heavy atom. The van der Waals surface area contributed by atoms with E-state index in [4.69, 9.17) is 9.47 Å². The summed E-state index contributed by atoms with van der Waals surface area (Å²) in [7, 11) is 0. The minimum atomic E-state index is -1.56. The quantitative estimate of drug-likeness (QED) is 0.0277. The molecule has 1 amide bonds. The Bertz CT molecular complexity index is 1040. The van der Waals surface area contributed by atoms with Crippen molar-refractivity contribution in [3.63, 3.8) is 0 Å². The van der Waals surface area contributed by atoms with Crippen LogP contribution in [0.15, 0.2) is 60.8 Å². The van der Waals surface area contributed by atoms with Crippen LogP contribution >= 0.6 is 0 Å². The van der Waals surface area contributed by atoms with E-state index < -0.39 is 49.5 Å². The van der Waals surface area contributed by atoms with Gasteiger partial charge < -0.3 is 40.3 Å². The van der Waals surface area contributed by atoms with Gasteiger partial charge in [0, 0.05) is 6.42 Å². The first-order valence-electron chi connectivity index (χ1n) is 22.0. The summed E-state index contributed by atoms with van der Waals surface area (Å²) in [5.74, 6) is -0.192. The van der Waals surface area contributed by atoms with Gasteiger partial charge in [0.2, 0.25) is 5.91 Å². The van der Waals surface area contributed by atoms with Crippen molar-refractivity contribution in [2.24, 2.45) is 0 Å².